The molecule has 0 unspecified atom stereocenters. The molecule has 0 aliphatic rings. The smallest absolute Gasteiger partial charge is 0.320 e. The maximum Gasteiger partial charge on any atom is 0.435 e. The third-order valence-corrected chi connectivity index (χ3v) is 6.92. The van der Waals surface area contributed by atoms with E-state index in [-0.39, 0.29) is 17.3 Å². The fourth-order valence-corrected chi connectivity index (χ4v) is 4.68. The molecule has 0 bridgehead atoms. The van der Waals surface area contributed by atoms with Crippen molar-refractivity contribution in [2.75, 3.05) is 16.8 Å². The molecule has 0 saturated heterocycles. The van der Waals surface area contributed by atoms with Gasteiger partial charge < -0.3 is 5.32 Å². The molecule has 17 heteroatoms. The molecule has 0 heterocycles. The summed E-state index contributed by atoms with van der Waals surface area (Å²) in [5.74, 6) is -1.97. The number of amides is 2. The van der Waals surface area contributed by atoms with E-state index in [9.17, 15) is 53.5 Å². The Morgan fingerprint density at radius 1 is 0.933 bits per heavy atom. The highest BCUT2D eigenvalue weighted by atomic mass is 127. The number of hydrogen-bond acceptors (Lipinski definition) is 2. The molecular formula is C28H13F11IN3O2. The monoisotopic (exact) mass is 759 g/mol. The number of anilines is 2. The first kappa shape index (κ1) is 35.1. The molecular weight excluding hydrogens is 746 g/mol. The van der Waals surface area contributed by atoms with Crippen LogP contribution in [0.4, 0.5) is 65.4 Å². The highest BCUT2D eigenvalue weighted by molar-refractivity contribution is 14.1. The van der Waals surface area contributed by atoms with Crippen LogP contribution in [-0.2, 0) is 11.8 Å². The lowest BCUT2D eigenvalue weighted by Gasteiger charge is -2.31. The van der Waals surface area contributed by atoms with Gasteiger partial charge in [-0.15, -0.1) is 6.42 Å². The Hall–Kier alpha value is -4.39. The second kappa shape index (κ2) is 12.5. The van der Waals surface area contributed by atoms with E-state index in [2.05, 4.69) is 10.8 Å². The Morgan fingerprint density at radius 3 is 2.00 bits per heavy atom. The molecule has 0 aliphatic carbocycles. The number of nitrogens with zero attached hydrogens (tertiary/aromatic N) is 2. The molecule has 0 radical (unpaired) electrons. The van der Waals surface area contributed by atoms with Crippen molar-refractivity contribution in [2.45, 2.75) is 24.2 Å². The normalized spacial score (nSPS) is 12.2. The van der Waals surface area contributed by atoms with Crippen molar-refractivity contribution in [3.05, 3.63) is 97.7 Å². The van der Waals surface area contributed by atoms with Gasteiger partial charge in [-0.1, -0.05) is 36.3 Å². The summed E-state index contributed by atoms with van der Waals surface area (Å²) in [5.41, 5.74) is -13.9. The van der Waals surface area contributed by atoms with Gasteiger partial charge in [0.1, 0.15) is 0 Å². The summed E-state index contributed by atoms with van der Waals surface area (Å²) in [7, 11) is 0. The highest BCUT2D eigenvalue weighted by Crippen LogP contribution is 2.54. The van der Waals surface area contributed by atoms with E-state index in [1.807, 2.05) is 0 Å². The third-order valence-electron chi connectivity index (χ3n) is 6.06. The fourth-order valence-electron chi connectivity index (χ4n) is 3.92. The highest BCUT2D eigenvalue weighted by Gasteiger charge is 2.73. The summed E-state index contributed by atoms with van der Waals surface area (Å²) in [6.45, 7) is 6.40. The van der Waals surface area contributed by atoms with E-state index >= 15 is 4.39 Å². The molecule has 0 aliphatic heterocycles. The van der Waals surface area contributed by atoms with Gasteiger partial charge in [0.05, 0.1) is 35.6 Å². The van der Waals surface area contributed by atoms with Gasteiger partial charge in [0.25, 0.3) is 11.8 Å². The van der Waals surface area contributed by atoms with Crippen molar-refractivity contribution in [3.8, 4) is 12.3 Å². The second-order valence-corrected chi connectivity index (χ2v) is 10.0. The minimum absolute atomic E-state index is 0.0713. The number of alkyl halides is 10. The topological polar surface area (TPSA) is 53.8 Å². The van der Waals surface area contributed by atoms with Crippen LogP contribution in [-0.4, -0.2) is 30.7 Å². The largest absolute Gasteiger partial charge is 0.435 e. The molecule has 0 fully saturated rings. The number of hydrogen-bond donors (Lipinski definition) is 1. The number of benzene rings is 3. The minimum atomic E-state index is -6.73. The lowest BCUT2D eigenvalue weighted by Crippen LogP contribution is -2.50. The SMILES string of the molecule is [C-]#[N+]c1ccc(C(=O)N(CC#C)c2cccc(C(=O)Nc3c(I)cc(C(F)(C(F)(F)F)C(F)(F)F)cc3C(F)(F)F)c2F)cc1. The fraction of sp³-hybridized carbons (Fsp3) is 0.179. The summed E-state index contributed by atoms with van der Waals surface area (Å²) in [5, 5.41) is 1.61. The zero-order valence-electron chi connectivity index (χ0n) is 21.7. The van der Waals surface area contributed by atoms with Crippen LogP contribution in [0.2, 0.25) is 0 Å². The van der Waals surface area contributed by atoms with Crippen molar-refractivity contribution in [3.63, 3.8) is 0 Å². The summed E-state index contributed by atoms with van der Waals surface area (Å²) in [6.07, 6.45) is -13.9. The molecule has 236 valence electrons. The molecule has 0 atom stereocenters. The van der Waals surface area contributed by atoms with E-state index in [4.69, 9.17) is 13.0 Å². The molecule has 3 rings (SSSR count). The summed E-state index contributed by atoms with van der Waals surface area (Å²) < 4.78 is 150. The van der Waals surface area contributed by atoms with Gasteiger partial charge >= 0.3 is 24.2 Å². The van der Waals surface area contributed by atoms with Crippen LogP contribution in [0.3, 0.4) is 0 Å². The molecule has 1 N–H and O–H groups in total. The van der Waals surface area contributed by atoms with Crippen molar-refractivity contribution in [2.24, 2.45) is 0 Å². The van der Waals surface area contributed by atoms with E-state index < -0.39 is 86.1 Å². The molecule has 3 aromatic carbocycles. The van der Waals surface area contributed by atoms with Crippen LogP contribution in [0, 0.1) is 28.3 Å². The van der Waals surface area contributed by atoms with Crippen LogP contribution in [0.25, 0.3) is 4.85 Å². The first-order valence-electron chi connectivity index (χ1n) is 11.7. The average Bonchev–Trinajstić information content (AvgIpc) is 2.94. The zero-order valence-corrected chi connectivity index (χ0v) is 23.9. The van der Waals surface area contributed by atoms with Gasteiger partial charge in [-0.3, -0.25) is 14.5 Å². The van der Waals surface area contributed by atoms with Crippen LogP contribution >= 0.6 is 22.6 Å². The maximum absolute atomic E-state index is 15.6. The van der Waals surface area contributed by atoms with E-state index in [1.54, 1.807) is 5.32 Å². The van der Waals surface area contributed by atoms with Crippen LogP contribution in [0.15, 0.2) is 54.6 Å². The van der Waals surface area contributed by atoms with Gasteiger partial charge in [-0.25, -0.2) is 13.6 Å². The number of nitrogens with one attached hydrogen (secondary N) is 1. The predicted octanol–water partition coefficient (Wildman–Crippen LogP) is 8.82. The average molecular weight is 759 g/mol. The molecule has 0 aromatic heterocycles. The lowest BCUT2D eigenvalue weighted by molar-refractivity contribution is -0.348. The van der Waals surface area contributed by atoms with Crippen molar-refractivity contribution in [1.82, 2.24) is 0 Å². The third kappa shape index (κ3) is 6.82. The predicted molar refractivity (Wildman–Crippen MR) is 147 cm³/mol. The van der Waals surface area contributed by atoms with Crippen molar-refractivity contribution >= 4 is 51.5 Å². The quantitative estimate of drug-likeness (QED) is 0.118. The Balaban J connectivity index is 2.11. The minimum Gasteiger partial charge on any atom is -0.320 e. The second-order valence-electron chi connectivity index (χ2n) is 8.88. The standard InChI is InChI=1S/C28H13F11IN3O2/c1-3-11-43(24(45)14-7-9-16(41-2)10-8-14)20-6-4-5-17(21(20)29)23(44)42-22-18(26(31,32)33)12-15(13-19(22)40)25(30,27(34,35)36)28(37,38)39/h1,4-10,12-13H,11H2,(H,42,44). The van der Waals surface area contributed by atoms with Crippen LogP contribution in [0.1, 0.15) is 31.8 Å². The van der Waals surface area contributed by atoms with Gasteiger partial charge in [-0.05, 0) is 46.9 Å². The van der Waals surface area contributed by atoms with Crippen molar-refractivity contribution in [1.29, 1.82) is 0 Å². The maximum atomic E-state index is 15.6. The Bertz CT molecular complexity index is 1700. The Labute approximate surface area is 260 Å². The summed E-state index contributed by atoms with van der Waals surface area (Å²) in [6, 6.07) is 6.81. The molecule has 0 saturated carbocycles. The molecule has 5 nitrogen and oxygen atoms in total. The van der Waals surface area contributed by atoms with Crippen LogP contribution in [0.5, 0.6) is 0 Å². The van der Waals surface area contributed by atoms with Crippen molar-refractivity contribution < 1.29 is 57.9 Å². The number of halogens is 12. The molecule has 45 heavy (non-hydrogen) atoms. The van der Waals surface area contributed by atoms with E-state index in [1.165, 1.54) is 24.3 Å². The molecule has 0 spiro atoms. The zero-order chi connectivity index (χ0) is 34.1. The van der Waals surface area contributed by atoms with Gasteiger partial charge in [0, 0.05) is 14.7 Å². The van der Waals surface area contributed by atoms with Gasteiger partial charge in [0.2, 0.25) is 0 Å². The summed E-state index contributed by atoms with van der Waals surface area (Å²) in [4.78, 5) is 29.9. The molecule has 3 aromatic rings. The first-order chi connectivity index (χ1) is 20.7. The first-order valence-corrected chi connectivity index (χ1v) is 12.8. The van der Waals surface area contributed by atoms with Gasteiger partial charge in [0.15, 0.2) is 11.5 Å². The summed E-state index contributed by atoms with van der Waals surface area (Å²) >= 11 is 0.854. The van der Waals surface area contributed by atoms with Crippen LogP contribution < -0.4 is 10.2 Å². The molecule has 2 amide bonds. The number of terminal acetylenes is 1. The van der Waals surface area contributed by atoms with E-state index in [0.29, 0.717) is 4.90 Å². The van der Waals surface area contributed by atoms with Gasteiger partial charge in [-0.2, -0.15) is 39.5 Å². The number of rotatable bonds is 6. The number of carbonyl (C=O) groups is 2. The number of carbonyl (C=O) groups excluding carboxylic acids is 2. The Morgan fingerprint density at radius 2 is 1.51 bits per heavy atom. The lowest BCUT2D eigenvalue weighted by atomic mass is 9.92. The van der Waals surface area contributed by atoms with E-state index in [0.717, 1.165) is 40.8 Å². The Kier molecular flexibility index (Phi) is 9.78.